The Morgan fingerprint density at radius 1 is 0.684 bits per heavy atom. The number of piperidine rings is 3. The number of hydrogen-bond donors (Lipinski definition) is 0. The lowest BCUT2D eigenvalue weighted by atomic mass is 9.65. The fourth-order valence-electron chi connectivity index (χ4n) is 15.3. The lowest BCUT2D eigenvalue weighted by Gasteiger charge is -2.40. The summed E-state index contributed by atoms with van der Waals surface area (Å²) in [5, 5.41) is 64.5. The SMILES string of the molecule is N#CC1C2CN(CCn3cnnc3)CC12CCCCC(C(c1ccc(-c2ccc(N3C[C@H](Cn4ccnn4)OC3=O)cc2F)cn1)C12CN(CCn3cnnc3)CC1C2C#N)C12CN(CCn3cnnc3)CC1C2C#N. The quantitative estimate of drug-likeness (QED) is 0.0876. The predicted octanol–water partition coefficient (Wildman–Crippen LogP) is 3.85. The van der Waals surface area contributed by atoms with Crippen LogP contribution in [0.4, 0.5) is 14.9 Å². The summed E-state index contributed by atoms with van der Waals surface area (Å²) in [5.41, 5.74) is 1.43. The van der Waals surface area contributed by atoms with E-state index in [1.165, 1.54) is 11.0 Å². The van der Waals surface area contributed by atoms with Gasteiger partial charge in [0.15, 0.2) is 0 Å². The van der Waals surface area contributed by atoms with Crippen LogP contribution >= 0.6 is 0 Å². The van der Waals surface area contributed by atoms with Crippen LogP contribution in [0, 0.1) is 97.5 Å². The van der Waals surface area contributed by atoms with Gasteiger partial charge in [0.25, 0.3) is 0 Å². The summed E-state index contributed by atoms with van der Waals surface area (Å²) in [7, 11) is 0. The summed E-state index contributed by atoms with van der Waals surface area (Å²) in [6, 6.07) is 17.1. The van der Waals surface area contributed by atoms with Gasteiger partial charge >= 0.3 is 6.09 Å². The number of unbranched alkanes of at least 4 members (excludes halogenated alkanes) is 1. The third-order valence-corrected chi connectivity index (χ3v) is 19.0. The average molecular weight is 1030 g/mol. The molecule has 23 heteroatoms. The number of halogens is 1. The zero-order chi connectivity index (χ0) is 51.6. The first-order valence-electron chi connectivity index (χ1n) is 26.7. The topological polar surface area (TPSA) is 246 Å². The lowest BCUT2D eigenvalue weighted by molar-refractivity contribution is 0.125. The molecule has 13 rings (SSSR count). The minimum absolute atomic E-state index is 0.00631. The monoisotopic (exact) mass is 1030 g/mol. The third kappa shape index (κ3) is 8.29. The number of aromatic nitrogens is 13. The normalized spacial score (nSPS) is 31.0. The van der Waals surface area contributed by atoms with Gasteiger partial charge in [-0.1, -0.05) is 24.1 Å². The molecule has 0 N–H and O–H groups in total. The van der Waals surface area contributed by atoms with Gasteiger partial charge in [-0.3, -0.25) is 9.88 Å². The molecule has 1 aromatic carbocycles. The number of benzene rings is 1. The van der Waals surface area contributed by atoms with E-state index in [4.69, 9.17) is 9.72 Å². The van der Waals surface area contributed by atoms with E-state index >= 15 is 4.39 Å². The van der Waals surface area contributed by atoms with Gasteiger partial charge in [0.1, 0.15) is 49.9 Å². The second kappa shape index (κ2) is 19.2. The molecule has 7 fully saturated rings. The molecule has 390 valence electrons. The Labute approximate surface area is 438 Å². The molecule has 0 bridgehead atoms. The van der Waals surface area contributed by atoms with Crippen LogP contribution in [0.25, 0.3) is 11.1 Å². The van der Waals surface area contributed by atoms with E-state index in [2.05, 4.69) is 79.9 Å². The van der Waals surface area contributed by atoms with E-state index in [0.717, 1.165) is 103 Å². The second-order valence-electron chi connectivity index (χ2n) is 22.6. The van der Waals surface area contributed by atoms with Crippen molar-refractivity contribution >= 4 is 11.8 Å². The maximum atomic E-state index is 16.4. The second-order valence-corrected chi connectivity index (χ2v) is 22.6. The van der Waals surface area contributed by atoms with Gasteiger partial charge in [-0.15, -0.1) is 35.7 Å². The Hall–Kier alpha value is -7.52. The number of nitrogens with zero attached hydrogens (tertiary/aromatic N) is 20. The van der Waals surface area contributed by atoms with Crippen molar-refractivity contribution in [2.24, 2.45) is 57.7 Å². The Morgan fingerprint density at radius 2 is 1.29 bits per heavy atom. The minimum atomic E-state index is -0.554. The molecule has 4 saturated heterocycles. The highest BCUT2D eigenvalue weighted by atomic mass is 19.1. The van der Waals surface area contributed by atoms with E-state index in [1.54, 1.807) is 73.4 Å². The highest BCUT2D eigenvalue weighted by Gasteiger charge is 2.79. The zero-order valence-corrected chi connectivity index (χ0v) is 42.1. The standard InChI is InChI=1S/C53H59FN20O2/c54-47-17-37(74-23-38(76-50(74)75)22-73-10-9-59-66-73)5-6-39(47)36-4-7-48(58-21-36)49(53-29-69(26-46(53)43(53)20-57)13-16-72-34-64-65-35-72)40(52-28-68(25-45(52)42(52)19-56)12-15-71-32-62-63-33-71)3-1-2-8-51-27-67(24-44(51)41(51)18-55)11-14-70-30-60-61-31-70/h4-7,9-10,17,21,30-35,38,40-46,49H,1-3,8,11-16,22-29H2/t38-,40?,41?,42?,43?,44?,45?,46?,49?,51?,52?,53?/m0/s1. The van der Waals surface area contributed by atoms with E-state index in [1.807, 2.05) is 19.8 Å². The predicted molar refractivity (Wildman–Crippen MR) is 266 cm³/mol. The number of fused-ring (bicyclic) bond motifs is 3. The lowest BCUT2D eigenvalue weighted by Crippen LogP contribution is -2.40. The molecule has 3 aliphatic carbocycles. The highest BCUT2D eigenvalue weighted by Crippen LogP contribution is 2.78. The van der Waals surface area contributed by atoms with Gasteiger partial charge in [0.2, 0.25) is 0 Å². The van der Waals surface area contributed by atoms with Crippen LogP contribution in [-0.2, 0) is 30.9 Å². The number of nitriles is 3. The maximum absolute atomic E-state index is 16.4. The summed E-state index contributed by atoms with van der Waals surface area (Å²) in [4.78, 5) is 27.2. The highest BCUT2D eigenvalue weighted by molar-refractivity contribution is 5.90. The van der Waals surface area contributed by atoms with E-state index in [-0.39, 0.29) is 58.8 Å². The van der Waals surface area contributed by atoms with Crippen molar-refractivity contribution in [3.63, 3.8) is 0 Å². The van der Waals surface area contributed by atoms with Gasteiger partial charge in [-0.25, -0.2) is 13.9 Å². The van der Waals surface area contributed by atoms with Crippen LogP contribution in [0.1, 0.15) is 37.3 Å². The van der Waals surface area contributed by atoms with Gasteiger partial charge in [0.05, 0.1) is 60.9 Å². The number of ether oxygens (including phenoxy) is 1. The van der Waals surface area contributed by atoms with Gasteiger partial charge in [0, 0.05) is 130 Å². The van der Waals surface area contributed by atoms with Gasteiger partial charge in [-0.2, -0.15) is 15.8 Å². The van der Waals surface area contributed by atoms with Crippen molar-refractivity contribution in [3.05, 3.63) is 98.4 Å². The Bertz CT molecular complexity index is 3150. The van der Waals surface area contributed by atoms with Crippen molar-refractivity contribution in [2.45, 2.75) is 63.9 Å². The summed E-state index contributed by atoms with van der Waals surface area (Å²) in [6.07, 6.45) is 18.1. The van der Waals surface area contributed by atoms with Crippen molar-refractivity contribution in [1.29, 1.82) is 15.8 Å². The first kappa shape index (κ1) is 48.1. The van der Waals surface area contributed by atoms with Crippen molar-refractivity contribution < 1.29 is 13.9 Å². The molecule has 9 heterocycles. The number of carbonyl (C=O) groups is 1. The van der Waals surface area contributed by atoms with Crippen LogP contribution < -0.4 is 4.90 Å². The average Bonchev–Trinajstić information content (AvgIpc) is 4.31. The summed E-state index contributed by atoms with van der Waals surface area (Å²) in [5.74, 6) is -0.324. The molecule has 76 heavy (non-hydrogen) atoms. The molecule has 0 spiro atoms. The molecular formula is C53H59FN20O2. The van der Waals surface area contributed by atoms with Crippen LogP contribution in [0.5, 0.6) is 0 Å². The molecule has 5 aromatic heterocycles. The van der Waals surface area contributed by atoms with Crippen LogP contribution in [0.3, 0.4) is 0 Å². The van der Waals surface area contributed by atoms with Crippen molar-refractivity contribution in [1.82, 2.24) is 79.0 Å². The largest absolute Gasteiger partial charge is 0.442 e. The third-order valence-electron chi connectivity index (χ3n) is 19.0. The molecule has 12 atom stereocenters. The van der Waals surface area contributed by atoms with E-state index in [9.17, 15) is 20.6 Å². The summed E-state index contributed by atoms with van der Waals surface area (Å²) in [6.45, 7) is 10.2. The molecule has 22 nitrogen and oxygen atoms in total. The summed E-state index contributed by atoms with van der Waals surface area (Å²) < 4.78 is 29.6. The Kier molecular flexibility index (Phi) is 12.2. The van der Waals surface area contributed by atoms with Gasteiger partial charge < -0.3 is 33.1 Å². The Balaban J connectivity index is 0.810. The van der Waals surface area contributed by atoms with E-state index < -0.39 is 23.4 Å². The number of likely N-dealkylation sites (tertiary alicyclic amines) is 3. The van der Waals surface area contributed by atoms with Crippen LogP contribution in [0.15, 0.2) is 86.9 Å². The van der Waals surface area contributed by atoms with Crippen LogP contribution in [0.2, 0.25) is 0 Å². The molecular weight excluding hydrogens is 968 g/mol. The number of anilines is 1. The molecule has 1 amide bonds. The molecule has 6 aromatic rings. The molecule has 0 radical (unpaired) electrons. The fraction of sp³-hybridized carbons (Fsp3) is 0.566. The number of hydrogen-bond acceptors (Lipinski definition) is 17. The summed E-state index contributed by atoms with van der Waals surface area (Å²) >= 11 is 0. The fourth-order valence-corrected chi connectivity index (χ4v) is 15.3. The van der Waals surface area contributed by atoms with Crippen LogP contribution in [-0.4, -0.2) is 157 Å². The van der Waals surface area contributed by atoms with Gasteiger partial charge in [-0.05, 0) is 60.8 Å². The zero-order valence-electron chi connectivity index (χ0n) is 42.1. The van der Waals surface area contributed by atoms with Crippen molar-refractivity contribution in [2.75, 3.05) is 70.3 Å². The molecule has 11 unspecified atom stereocenters. The first-order chi connectivity index (χ1) is 37.2. The van der Waals surface area contributed by atoms with E-state index in [0.29, 0.717) is 35.8 Å². The molecule has 3 saturated carbocycles. The number of pyridine rings is 1. The Morgan fingerprint density at radius 3 is 1.88 bits per heavy atom. The number of carbonyl (C=O) groups excluding carboxylic acids is 1. The maximum Gasteiger partial charge on any atom is 0.414 e. The molecule has 4 aliphatic heterocycles. The smallest absolute Gasteiger partial charge is 0.414 e. The number of rotatable bonds is 22. The number of cyclic esters (lactones) is 1. The molecule has 7 aliphatic rings. The number of amides is 1. The minimum Gasteiger partial charge on any atom is -0.442 e. The van der Waals surface area contributed by atoms with Crippen molar-refractivity contribution in [3.8, 4) is 29.3 Å². The first-order valence-corrected chi connectivity index (χ1v) is 26.7.